The van der Waals surface area contributed by atoms with Gasteiger partial charge in [-0.3, -0.25) is 14.6 Å². The number of anilines is 1. The molecule has 8 nitrogen and oxygen atoms in total. The molecule has 3 aromatic rings. The van der Waals surface area contributed by atoms with Crippen LogP contribution >= 0.6 is 0 Å². The van der Waals surface area contributed by atoms with Gasteiger partial charge in [-0.15, -0.1) is 0 Å². The van der Waals surface area contributed by atoms with Gasteiger partial charge in [-0.05, 0) is 42.5 Å². The summed E-state index contributed by atoms with van der Waals surface area (Å²) in [5.41, 5.74) is 0.736. The lowest BCUT2D eigenvalue weighted by Gasteiger charge is -2.15. The van der Waals surface area contributed by atoms with Gasteiger partial charge in [-0.2, -0.15) is 0 Å². The molecule has 2 amide bonds. The maximum atomic E-state index is 12.9. The second-order valence-corrected chi connectivity index (χ2v) is 6.30. The Bertz CT molecular complexity index is 1170. The molecule has 0 saturated carbocycles. The highest BCUT2D eigenvalue weighted by atomic mass is 16.4. The van der Waals surface area contributed by atoms with Gasteiger partial charge in [-0.25, -0.2) is 14.5 Å². The topological polar surface area (TPSA) is 125 Å². The fourth-order valence-corrected chi connectivity index (χ4v) is 3.16. The molecule has 0 bridgehead atoms. The number of aromatic nitrogens is 1. The van der Waals surface area contributed by atoms with Gasteiger partial charge in [0.25, 0.3) is 11.8 Å². The number of nitrogens with zero attached hydrogens (tertiary/aromatic N) is 2. The average molecular weight is 388 g/mol. The molecule has 0 aliphatic carbocycles. The minimum Gasteiger partial charge on any atom is -0.478 e. The van der Waals surface area contributed by atoms with Gasteiger partial charge < -0.3 is 10.2 Å². The van der Waals surface area contributed by atoms with E-state index >= 15 is 0 Å². The third-order valence-corrected chi connectivity index (χ3v) is 4.52. The van der Waals surface area contributed by atoms with Crippen LogP contribution < -0.4 is 4.90 Å². The highest BCUT2D eigenvalue weighted by Gasteiger charge is 2.37. The fraction of sp³-hybridized carbons (Fsp3) is 0. The summed E-state index contributed by atoms with van der Waals surface area (Å²) in [6.45, 7) is 0. The molecule has 8 heteroatoms. The van der Waals surface area contributed by atoms with Crippen molar-refractivity contribution in [3.05, 3.63) is 83.0 Å². The molecule has 2 N–H and O–H groups in total. The van der Waals surface area contributed by atoms with Crippen molar-refractivity contribution in [1.82, 2.24) is 4.98 Å². The van der Waals surface area contributed by atoms with E-state index in [-0.39, 0.29) is 27.9 Å². The molecule has 142 valence electrons. The van der Waals surface area contributed by atoms with Crippen molar-refractivity contribution >= 4 is 29.4 Å². The number of hydrogen-bond donors (Lipinski definition) is 2. The van der Waals surface area contributed by atoms with Crippen molar-refractivity contribution in [2.75, 3.05) is 4.90 Å². The molecule has 0 fully saturated rings. The number of fused-ring (bicyclic) bond motifs is 1. The third-order valence-electron chi connectivity index (χ3n) is 4.52. The Morgan fingerprint density at radius 3 is 2.03 bits per heavy atom. The number of carbonyl (C=O) groups is 4. The summed E-state index contributed by atoms with van der Waals surface area (Å²) in [6.07, 6.45) is 1.60. The largest absolute Gasteiger partial charge is 0.478 e. The molecule has 1 aliphatic rings. The van der Waals surface area contributed by atoms with Crippen LogP contribution in [0.2, 0.25) is 0 Å². The summed E-state index contributed by atoms with van der Waals surface area (Å²) in [7, 11) is 0. The highest BCUT2D eigenvalue weighted by molar-refractivity contribution is 6.34. The standard InChI is InChI=1S/C21H12N2O6/c24-18-15-5-4-11(17-3-1-2-6-22-17)10-16(15)19(25)23(18)14-8-12(20(26)27)7-13(9-14)21(28)29/h1-10H,(H,26,27)(H,28,29). The summed E-state index contributed by atoms with van der Waals surface area (Å²) in [5.74, 6) is -4.06. The van der Waals surface area contributed by atoms with Crippen LogP contribution in [0.15, 0.2) is 60.8 Å². The average Bonchev–Trinajstić information content (AvgIpc) is 2.98. The Kier molecular flexibility index (Phi) is 4.16. The van der Waals surface area contributed by atoms with Gasteiger partial charge in [0.05, 0.1) is 33.6 Å². The van der Waals surface area contributed by atoms with Crippen LogP contribution in [0.3, 0.4) is 0 Å². The lowest BCUT2D eigenvalue weighted by molar-refractivity contribution is 0.0695. The van der Waals surface area contributed by atoms with Crippen LogP contribution in [-0.4, -0.2) is 39.0 Å². The van der Waals surface area contributed by atoms with Crippen molar-refractivity contribution in [1.29, 1.82) is 0 Å². The highest BCUT2D eigenvalue weighted by Crippen LogP contribution is 2.32. The van der Waals surface area contributed by atoms with Crippen molar-refractivity contribution in [2.45, 2.75) is 0 Å². The van der Waals surface area contributed by atoms with E-state index in [0.29, 0.717) is 11.3 Å². The zero-order valence-electron chi connectivity index (χ0n) is 14.7. The first-order chi connectivity index (χ1) is 13.9. The van der Waals surface area contributed by atoms with E-state index in [9.17, 15) is 29.4 Å². The predicted octanol–water partition coefficient (Wildman–Crippen LogP) is 2.95. The molecule has 2 heterocycles. The Morgan fingerprint density at radius 1 is 0.793 bits per heavy atom. The molecule has 1 aromatic heterocycles. The van der Waals surface area contributed by atoms with Crippen molar-refractivity contribution in [3.63, 3.8) is 0 Å². The molecule has 4 rings (SSSR count). The summed E-state index contributed by atoms with van der Waals surface area (Å²) in [6, 6.07) is 13.2. The second kappa shape index (κ2) is 6.68. The number of aromatic carboxylic acids is 2. The van der Waals surface area contributed by atoms with Gasteiger partial charge >= 0.3 is 11.9 Å². The fourth-order valence-electron chi connectivity index (χ4n) is 3.16. The SMILES string of the molecule is O=C(O)c1cc(C(=O)O)cc(N2C(=O)c3ccc(-c4ccccn4)cc3C2=O)c1. The second-order valence-electron chi connectivity index (χ2n) is 6.30. The number of carbonyl (C=O) groups excluding carboxylic acids is 2. The first-order valence-corrected chi connectivity index (χ1v) is 8.43. The Morgan fingerprint density at radius 2 is 1.45 bits per heavy atom. The Labute approximate surface area is 163 Å². The van der Waals surface area contributed by atoms with Crippen molar-refractivity contribution in [3.8, 4) is 11.3 Å². The molecule has 29 heavy (non-hydrogen) atoms. The number of carboxylic acid groups (broad SMARTS) is 2. The van der Waals surface area contributed by atoms with E-state index in [1.54, 1.807) is 30.5 Å². The third kappa shape index (κ3) is 3.02. The van der Waals surface area contributed by atoms with Gasteiger partial charge in [-0.1, -0.05) is 12.1 Å². The molecular weight excluding hydrogens is 376 g/mol. The maximum Gasteiger partial charge on any atom is 0.335 e. The van der Waals surface area contributed by atoms with Crippen LogP contribution in [-0.2, 0) is 0 Å². The monoisotopic (exact) mass is 388 g/mol. The quantitative estimate of drug-likeness (QED) is 0.658. The number of pyridine rings is 1. The molecular formula is C21H12N2O6. The zero-order valence-corrected chi connectivity index (χ0v) is 14.7. The summed E-state index contributed by atoms with van der Waals surface area (Å²) >= 11 is 0. The molecule has 1 aliphatic heterocycles. The summed E-state index contributed by atoms with van der Waals surface area (Å²) < 4.78 is 0. The molecule has 0 radical (unpaired) electrons. The van der Waals surface area contributed by atoms with E-state index in [1.165, 1.54) is 12.1 Å². The van der Waals surface area contributed by atoms with E-state index in [0.717, 1.165) is 23.1 Å². The van der Waals surface area contributed by atoms with E-state index in [4.69, 9.17) is 0 Å². The van der Waals surface area contributed by atoms with Gasteiger partial charge in [0.1, 0.15) is 0 Å². The number of hydrogen-bond acceptors (Lipinski definition) is 5. The van der Waals surface area contributed by atoms with Crippen LogP contribution in [0.5, 0.6) is 0 Å². The Balaban J connectivity index is 1.81. The molecule has 0 atom stereocenters. The number of carboxylic acids is 2. The van der Waals surface area contributed by atoms with Gasteiger partial charge in [0, 0.05) is 11.8 Å². The van der Waals surface area contributed by atoms with Crippen LogP contribution in [0.25, 0.3) is 11.3 Å². The Hall–Kier alpha value is -4.33. The normalized spacial score (nSPS) is 12.8. The van der Waals surface area contributed by atoms with E-state index < -0.39 is 23.8 Å². The summed E-state index contributed by atoms with van der Waals surface area (Å²) in [4.78, 5) is 53.4. The van der Waals surface area contributed by atoms with Crippen LogP contribution in [0.4, 0.5) is 5.69 Å². The van der Waals surface area contributed by atoms with Crippen LogP contribution in [0.1, 0.15) is 41.4 Å². The molecule has 2 aromatic carbocycles. The van der Waals surface area contributed by atoms with Gasteiger partial charge in [0.2, 0.25) is 0 Å². The minimum absolute atomic E-state index is 0.118. The number of benzene rings is 2. The van der Waals surface area contributed by atoms with Crippen molar-refractivity contribution in [2.24, 2.45) is 0 Å². The zero-order chi connectivity index (χ0) is 20.7. The van der Waals surface area contributed by atoms with Gasteiger partial charge in [0.15, 0.2) is 0 Å². The predicted molar refractivity (Wildman–Crippen MR) is 101 cm³/mol. The molecule has 0 saturated heterocycles. The number of amides is 2. The first-order valence-electron chi connectivity index (χ1n) is 8.43. The number of imide groups is 1. The molecule has 0 spiro atoms. The summed E-state index contributed by atoms with van der Waals surface area (Å²) in [5, 5.41) is 18.5. The van der Waals surface area contributed by atoms with Crippen LogP contribution in [0, 0.1) is 0 Å². The van der Waals surface area contributed by atoms with E-state index in [1.807, 2.05) is 0 Å². The van der Waals surface area contributed by atoms with E-state index in [2.05, 4.69) is 4.98 Å². The maximum absolute atomic E-state index is 12.9. The van der Waals surface area contributed by atoms with Crippen molar-refractivity contribution < 1.29 is 29.4 Å². The minimum atomic E-state index is -1.37. The lowest BCUT2D eigenvalue weighted by atomic mass is 10.0. The number of rotatable bonds is 4. The smallest absolute Gasteiger partial charge is 0.335 e. The lowest BCUT2D eigenvalue weighted by Crippen LogP contribution is -2.29. The first kappa shape index (κ1) is 18.1. The molecule has 0 unspecified atom stereocenters.